The maximum Gasteiger partial charge on any atom is 0.195 e. The smallest absolute Gasteiger partial charge is 0.195 e. The van der Waals surface area contributed by atoms with Crippen LogP contribution in [0.5, 0.6) is 0 Å². The fraction of sp³-hybridized carbons (Fsp3) is 0.818. The van der Waals surface area contributed by atoms with E-state index in [1.165, 1.54) is 0 Å². The summed E-state index contributed by atoms with van der Waals surface area (Å²) in [6.07, 6.45) is 1.01. The monoisotopic (exact) mass is 258 g/mol. The van der Waals surface area contributed by atoms with Crippen LogP contribution in [0.15, 0.2) is 0 Å². The van der Waals surface area contributed by atoms with Crippen molar-refractivity contribution in [1.29, 1.82) is 0 Å². The average molecular weight is 258 g/mol. The molecule has 0 saturated carbocycles. The van der Waals surface area contributed by atoms with Crippen molar-refractivity contribution in [3.8, 4) is 0 Å². The summed E-state index contributed by atoms with van der Waals surface area (Å²) in [6.45, 7) is 5.17. The molecule has 1 unspecified atom stereocenters. The lowest BCUT2D eigenvalue weighted by Gasteiger charge is -2.24. The standard InChI is InChI=1S/C11H22N4OS/c1-8(2)5-9(6-14(3)4)15-10(7-16)12-13-11(15)17/h8-9,16H,5-7H2,1-4H3,(H,13,17). The van der Waals surface area contributed by atoms with Crippen molar-refractivity contribution in [2.75, 3.05) is 20.6 Å². The van der Waals surface area contributed by atoms with Crippen LogP contribution in [0.1, 0.15) is 32.1 Å². The number of aliphatic hydroxyl groups is 1. The lowest BCUT2D eigenvalue weighted by molar-refractivity contribution is 0.239. The molecule has 1 aromatic rings. The molecule has 0 spiro atoms. The maximum atomic E-state index is 9.29. The number of hydrogen-bond donors (Lipinski definition) is 2. The van der Waals surface area contributed by atoms with Gasteiger partial charge in [-0.3, -0.25) is 9.67 Å². The van der Waals surface area contributed by atoms with E-state index in [2.05, 4.69) is 28.9 Å². The van der Waals surface area contributed by atoms with Crippen LogP contribution in [0, 0.1) is 10.7 Å². The number of nitrogens with one attached hydrogen (secondary N) is 1. The highest BCUT2D eigenvalue weighted by Gasteiger charge is 2.18. The van der Waals surface area contributed by atoms with Gasteiger partial charge in [-0.15, -0.1) is 0 Å². The molecule has 98 valence electrons. The summed E-state index contributed by atoms with van der Waals surface area (Å²) in [5, 5.41) is 16.1. The maximum absolute atomic E-state index is 9.29. The van der Waals surface area contributed by atoms with E-state index in [1.807, 2.05) is 18.7 Å². The van der Waals surface area contributed by atoms with Gasteiger partial charge in [0.15, 0.2) is 10.6 Å². The number of H-pyrrole nitrogens is 1. The molecule has 1 aromatic heterocycles. The van der Waals surface area contributed by atoms with Crippen molar-refractivity contribution in [3.63, 3.8) is 0 Å². The second-order valence-electron chi connectivity index (χ2n) is 5.02. The Morgan fingerprint density at radius 1 is 1.47 bits per heavy atom. The van der Waals surface area contributed by atoms with Gasteiger partial charge in [-0.1, -0.05) is 13.8 Å². The summed E-state index contributed by atoms with van der Waals surface area (Å²) in [4.78, 5) is 2.13. The molecular formula is C11H22N4OS. The number of aromatic amines is 1. The van der Waals surface area contributed by atoms with E-state index in [1.54, 1.807) is 0 Å². The van der Waals surface area contributed by atoms with Gasteiger partial charge in [0.1, 0.15) is 6.61 Å². The zero-order valence-corrected chi connectivity index (χ0v) is 11.8. The van der Waals surface area contributed by atoms with Crippen molar-refractivity contribution in [3.05, 3.63) is 10.6 Å². The van der Waals surface area contributed by atoms with Crippen molar-refractivity contribution in [2.24, 2.45) is 5.92 Å². The van der Waals surface area contributed by atoms with Crippen LogP contribution < -0.4 is 0 Å². The second kappa shape index (κ2) is 6.28. The Kier molecular flexibility index (Phi) is 5.30. The number of hydrogen-bond acceptors (Lipinski definition) is 4. The minimum absolute atomic E-state index is 0.0881. The van der Waals surface area contributed by atoms with Crippen LogP contribution in [0.3, 0.4) is 0 Å². The predicted molar refractivity (Wildman–Crippen MR) is 70.4 cm³/mol. The lowest BCUT2D eigenvalue weighted by Crippen LogP contribution is -2.27. The van der Waals surface area contributed by atoms with Crippen molar-refractivity contribution in [2.45, 2.75) is 32.9 Å². The van der Waals surface area contributed by atoms with E-state index in [9.17, 15) is 5.11 Å². The molecule has 5 nitrogen and oxygen atoms in total. The largest absolute Gasteiger partial charge is 0.388 e. The van der Waals surface area contributed by atoms with Crippen molar-refractivity contribution in [1.82, 2.24) is 19.7 Å². The quantitative estimate of drug-likeness (QED) is 0.761. The summed E-state index contributed by atoms with van der Waals surface area (Å²) < 4.78 is 2.52. The van der Waals surface area contributed by atoms with E-state index in [-0.39, 0.29) is 12.6 Å². The van der Waals surface area contributed by atoms with Gasteiger partial charge in [0.2, 0.25) is 0 Å². The molecule has 0 aliphatic carbocycles. The number of nitrogens with zero attached hydrogens (tertiary/aromatic N) is 3. The molecule has 0 bridgehead atoms. The highest BCUT2D eigenvalue weighted by molar-refractivity contribution is 7.71. The summed E-state index contributed by atoms with van der Waals surface area (Å²) in [5.41, 5.74) is 0. The van der Waals surface area contributed by atoms with Crippen LogP contribution in [0.2, 0.25) is 0 Å². The first kappa shape index (κ1) is 14.3. The van der Waals surface area contributed by atoms with Gasteiger partial charge < -0.3 is 10.0 Å². The first-order valence-corrected chi connectivity index (χ1v) is 6.27. The number of likely N-dealkylation sites (N-methyl/N-ethyl adjacent to an activating group) is 1. The van der Waals surface area contributed by atoms with Crippen LogP contribution in [0.25, 0.3) is 0 Å². The third-order valence-electron chi connectivity index (χ3n) is 2.60. The number of rotatable bonds is 6. The van der Waals surface area contributed by atoms with E-state index < -0.39 is 0 Å². The van der Waals surface area contributed by atoms with Gasteiger partial charge in [0.05, 0.1) is 6.04 Å². The van der Waals surface area contributed by atoms with Gasteiger partial charge in [-0.05, 0) is 38.7 Å². The zero-order chi connectivity index (χ0) is 13.0. The second-order valence-corrected chi connectivity index (χ2v) is 5.41. The van der Waals surface area contributed by atoms with Gasteiger partial charge in [0.25, 0.3) is 0 Å². The van der Waals surface area contributed by atoms with Gasteiger partial charge >= 0.3 is 0 Å². The highest BCUT2D eigenvalue weighted by Crippen LogP contribution is 2.20. The van der Waals surface area contributed by atoms with Crippen LogP contribution in [0.4, 0.5) is 0 Å². The summed E-state index contributed by atoms with van der Waals surface area (Å²) in [7, 11) is 4.07. The molecule has 0 saturated heterocycles. The Hall–Kier alpha value is -0.720. The van der Waals surface area contributed by atoms with Crippen LogP contribution in [-0.4, -0.2) is 45.4 Å². The lowest BCUT2D eigenvalue weighted by atomic mass is 10.0. The fourth-order valence-corrected chi connectivity index (χ4v) is 2.35. The normalized spacial score (nSPS) is 13.6. The third-order valence-corrected chi connectivity index (χ3v) is 2.89. The van der Waals surface area contributed by atoms with Crippen molar-refractivity contribution < 1.29 is 5.11 Å². The molecule has 0 aliphatic rings. The first-order valence-electron chi connectivity index (χ1n) is 5.87. The zero-order valence-electron chi connectivity index (χ0n) is 11.0. The molecule has 1 heterocycles. The van der Waals surface area contributed by atoms with E-state index in [4.69, 9.17) is 12.2 Å². The SMILES string of the molecule is CC(C)CC(CN(C)C)n1c(CO)n[nH]c1=S. The third kappa shape index (κ3) is 3.90. The molecule has 1 rings (SSSR count). The molecule has 0 aliphatic heterocycles. The molecule has 6 heteroatoms. The Bertz CT molecular complexity index is 386. The van der Waals surface area contributed by atoms with E-state index in [0.29, 0.717) is 16.5 Å². The van der Waals surface area contributed by atoms with E-state index >= 15 is 0 Å². The molecule has 1 atom stereocenters. The van der Waals surface area contributed by atoms with Crippen LogP contribution in [-0.2, 0) is 6.61 Å². The molecule has 0 amide bonds. The number of aromatic nitrogens is 3. The molecule has 0 aromatic carbocycles. The Morgan fingerprint density at radius 3 is 2.59 bits per heavy atom. The molecule has 0 radical (unpaired) electrons. The topological polar surface area (TPSA) is 57.1 Å². The highest BCUT2D eigenvalue weighted by atomic mass is 32.1. The van der Waals surface area contributed by atoms with E-state index in [0.717, 1.165) is 13.0 Å². The predicted octanol–water partition coefficient (Wildman–Crippen LogP) is 1.58. The molecule has 0 fully saturated rings. The van der Waals surface area contributed by atoms with Crippen molar-refractivity contribution >= 4 is 12.2 Å². The Morgan fingerprint density at radius 2 is 2.12 bits per heavy atom. The summed E-state index contributed by atoms with van der Waals surface area (Å²) in [6, 6.07) is 0.249. The minimum atomic E-state index is -0.0881. The Labute approximate surface area is 107 Å². The first-order chi connectivity index (χ1) is 7.95. The molecular weight excluding hydrogens is 236 g/mol. The Balaban J connectivity index is 3.02. The van der Waals surface area contributed by atoms with Gasteiger partial charge in [-0.25, -0.2) is 0 Å². The fourth-order valence-electron chi connectivity index (χ4n) is 2.05. The summed E-state index contributed by atoms with van der Waals surface area (Å²) in [5.74, 6) is 1.19. The van der Waals surface area contributed by atoms with Crippen LogP contribution >= 0.6 is 12.2 Å². The van der Waals surface area contributed by atoms with Gasteiger partial charge in [0, 0.05) is 6.54 Å². The average Bonchev–Trinajstić information content (AvgIpc) is 2.57. The number of aliphatic hydroxyl groups excluding tert-OH is 1. The molecule has 17 heavy (non-hydrogen) atoms. The summed E-state index contributed by atoms with van der Waals surface area (Å²) >= 11 is 5.24. The minimum Gasteiger partial charge on any atom is -0.388 e. The van der Waals surface area contributed by atoms with Gasteiger partial charge in [-0.2, -0.15) is 5.10 Å². The molecule has 2 N–H and O–H groups in total.